The Balaban J connectivity index is 3.13. The largest absolute Gasteiger partial charge is 0.507 e. The van der Waals surface area contributed by atoms with Crippen LogP contribution in [0.5, 0.6) is 5.75 Å². The quantitative estimate of drug-likeness (QED) is 0.440. The number of rotatable bonds is 3. The van der Waals surface area contributed by atoms with E-state index in [2.05, 4.69) is 19.0 Å². The van der Waals surface area contributed by atoms with Gasteiger partial charge in [0.05, 0.1) is 6.21 Å². The topological polar surface area (TPSA) is 52.8 Å². The summed E-state index contributed by atoms with van der Waals surface area (Å²) in [7, 11) is 0. The number of hydrogen-bond donors (Lipinski definition) is 2. The SMILES string of the molecule is CCC(C)c1cccc(C=NO)c1O. The first-order chi connectivity index (χ1) is 6.70. The van der Waals surface area contributed by atoms with Crippen LogP contribution in [0.15, 0.2) is 23.4 Å². The summed E-state index contributed by atoms with van der Waals surface area (Å²) in [6.07, 6.45) is 2.20. The van der Waals surface area contributed by atoms with Crippen molar-refractivity contribution < 1.29 is 10.3 Å². The van der Waals surface area contributed by atoms with Gasteiger partial charge in [-0.15, -0.1) is 0 Å². The smallest absolute Gasteiger partial charge is 0.127 e. The molecule has 0 bridgehead atoms. The molecular weight excluding hydrogens is 178 g/mol. The van der Waals surface area contributed by atoms with Gasteiger partial charge >= 0.3 is 0 Å². The molecule has 1 aromatic rings. The Morgan fingerprint density at radius 3 is 2.79 bits per heavy atom. The van der Waals surface area contributed by atoms with Crippen LogP contribution < -0.4 is 0 Å². The van der Waals surface area contributed by atoms with Crippen LogP contribution in [0.25, 0.3) is 0 Å². The number of hydrogen-bond acceptors (Lipinski definition) is 3. The van der Waals surface area contributed by atoms with Crippen LogP contribution in [0.3, 0.4) is 0 Å². The van der Waals surface area contributed by atoms with E-state index in [4.69, 9.17) is 5.21 Å². The maximum atomic E-state index is 9.82. The van der Waals surface area contributed by atoms with E-state index in [9.17, 15) is 5.11 Å². The lowest BCUT2D eigenvalue weighted by Gasteiger charge is -2.12. The average Bonchev–Trinajstić information content (AvgIpc) is 2.20. The molecule has 0 saturated heterocycles. The fourth-order valence-electron chi connectivity index (χ4n) is 1.36. The van der Waals surface area contributed by atoms with E-state index in [0.717, 1.165) is 12.0 Å². The van der Waals surface area contributed by atoms with Crippen LogP contribution >= 0.6 is 0 Å². The first kappa shape index (κ1) is 10.6. The Morgan fingerprint density at radius 2 is 2.21 bits per heavy atom. The minimum atomic E-state index is 0.208. The number of nitrogens with zero attached hydrogens (tertiary/aromatic N) is 1. The fraction of sp³-hybridized carbons (Fsp3) is 0.364. The Kier molecular flexibility index (Phi) is 3.51. The van der Waals surface area contributed by atoms with Gasteiger partial charge in [0.1, 0.15) is 5.75 Å². The van der Waals surface area contributed by atoms with Gasteiger partial charge in [-0.1, -0.05) is 31.1 Å². The first-order valence-corrected chi connectivity index (χ1v) is 4.70. The Labute approximate surface area is 83.7 Å². The predicted octanol–water partition coefficient (Wildman–Crippen LogP) is 2.71. The number of oxime groups is 1. The maximum Gasteiger partial charge on any atom is 0.127 e. The van der Waals surface area contributed by atoms with E-state index in [1.165, 1.54) is 6.21 Å². The molecule has 1 unspecified atom stereocenters. The van der Waals surface area contributed by atoms with Gasteiger partial charge in [0.25, 0.3) is 0 Å². The summed E-state index contributed by atoms with van der Waals surface area (Å²) in [6, 6.07) is 5.44. The molecule has 0 radical (unpaired) electrons. The summed E-state index contributed by atoms with van der Waals surface area (Å²) in [4.78, 5) is 0. The van der Waals surface area contributed by atoms with E-state index >= 15 is 0 Å². The molecule has 14 heavy (non-hydrogen) atoms. The van der Waals surface area contributed by atoms with Crippen LogP contribution in [-0.4, -0.2) is 16.5 Å². The van der Waals surface area contributed by atoms with Gasteiger partial charge in [0.15, 0.2) is 0 Å². The van der Waals surface area contributed by atoms with Gasteiger partial charge in [-0.2, -0.15) is 0 Å². The number of para-hydroxylation sites is 1. The molecule has 0 aliphatic carbocycles. The zero-order chi connectivity index (χ0) is 10.6. The summed E-state index contributed by atoms with van der Waals surface area (Å²) in [5.41, 5.74) is 1.44. The molecule has 0 heterocycles. The van der Waals surface area contributed by atoms with Crippen LogP contribution in [0.4, 0.5) is 0 Å². The molecule has 1 atom stereocenters. The van der Waals surface area contributed by atoms with Gasteiger partial charge in [0.2, 0.25) is 0 Å². The molecule has 2 N–H and O–H groups in total. The molecule has 0 aliphatic rings. The molecule has 0 aromatic heterocycles. The van der Waals surface area contributed by atoms with Crippen molar-refractivity contribution in [2.45, 2.75) is 26.2 Å². The summed E-state index contributed by atoms with van der Waals surface area (Å²) >= 11 is 0. The van der Waals surface area contributed by atoms with Crippen molar-refractivity contribution in [3.63, 3.8) is 0 Å². The molecule has 1 rings (SSSR count). The van der Waals surface area contributed by atoms with Crippen molar-refractivity contribution in [1.29, 1.82) is 0 Å². The molecule has 1 aromatic carbocycles. The monoisotopic (exact) mass is 193 g/mol. The predicted molar refractivity (Wildman–Crippen MR) is 56.2 cm³/mol. The lowest BCUT2D eigenvalue weighted by atomic mass is 9.96. The van der Waals surface area contributed by atoms with Crippen molar-refractivity contribution in [3.05, 3.63) is 29.3 Å². The zero-order valence-electron chi connectivity index (χ0n) is 8.44. The number of phenols is 1. The van der Waals surface area contributed by atoms with Gasteiger partial charge in [-0.05, 0) is 24.0 Å². The van der Waals surface area contributed by atoms with Crippen LogP contribution in [0.2, 0.25) is 0 Å². The maximum absolute atomic E-state index is 9.82. The normalized spacial score (nSPS) is 13.3. The van der Waals surface area contributed by atoms with Crippen molar-refractivity contribution >= 4 is 6.21 Å². The van der Waals surface area contributed by atoms with Gasteiger partial charge < -0.3 is 10.3 Å². The zero-order valence-corrected chi connectivity index (χ0v) is 8.44. The molecule has 3 heteroatoms. The lowest BCUT2D eigenvalue weighted by molar-refractivity contribution is 0.321. The average molecular weight is 193 g/mol. The van der Waals surface area contributed by atoms with Crippen molar-refractivity contribution in [2.75, 3.05) is 0 Å². The van der Waals surface area contributed by atoms with Crippen molar-refractivity contribution in [3.8, 4) is 5.75 Å². The highest BCUT2D eigenvalue weighted by Crippen LogP contribution is 2.29. The van der Waals surface area contributed by atoms with Crippen molar-refractivity contribution in [2.24, 2.45) is 5.16 Å². The standard InChI is InChI=1S/C11H15NO2/c1-3-8(2)10-6-4-5-9(7-12-14)11(10)13/h4-8,13-14H,3H2,1-2H3. The molecule has 0 saturated carbocycles. The van der Waals surface area contributed by atoms with E-state index < -0.39 is 0 Å². The number of aromatic hydroxyl groups is 1. The highest BCUT2D eigenvalue weighted by Gasteiger charge is 2.10. The van der Waals surface area contributed by atoms with E-state index in [0.29, 0.717) is 11.5 Å². The molecular formula is C11H15NO2. The minimum absolute atomic E-state index is 0.208. The van der Waals surface area contributed by atoms with Crippen LogP contribution in [0.1, 0.15) is 37.3 Å². The van der Waals surface area contributed by atoms with E-state index in [1.807, 2.05) is 12.1 Å². The first-order valence-electron chi connectivity index (χ1n) is 4.70. The van der Waals surface area contributed by atoms with Gasteiger partial charge in [0, 0.05) is 5.56 Å². The molecule has 76 valence electrons. The van der Waals surface area contributed by atoms with E-state index in [-0.39, 0.29) is 5.75 Å². The fourth-order valence-corrected chi connectivity index (χ4v) is 1.36. The van der Waals surface area contributed by atoms with Gasteiger partial charge in [-0.3, -0.25) is 0 Å². The highest BCUT2D eigenvalue weighted by atomic mass is 16.4. The minimum Gasteiger partial charge on any atom is -0.507 e. The third-order valence-corrected chi connectivity index (χ3v) is 2.44. The van der Waals surface area contributed by atoms with E-state index in [1.54, 1.807) is 6.07 Å². The van der Waals surface area contributed by atoms with Crippen molar-refractivity contribution in [1.82, 2.24) is 0 Å². The molecule has 3 nitrogen and oxygen atoms in total. The highest BCUT2D eigenvalue weighted by molar-refractivity contribution is 5.83. The van der Waals surface area contributed by atoms with Crippen LogP contribution in [-0.2, 0) is 0 Å². The third-order valence-electron chi connectivity index (χ3n) is 2.44. The second-order valence-electron chi connectivity index (χ2n) is 3.34. The summed E-state index contributed by atoms with van der Waals surface area (Å²) in [5.74, 6) is 0.515. The Morgan fingerprint density at radius 1 is 1.50 bits per heavy atom. The summed E-state index contributed by atoms with van der Waals surface area (Å²) in [5, 5.41) is 21.1. The molecule has 0 fully saturated rings. The van der Waals surface area contributed by atoms with Gasteiger partial charge in [-0.25, -0.2) is 0 Å². The second-order valence-corrected chi connectivity index (χ2v) is 3.34. The summed E-state index contributed by atoms with van der Waals surface area (Å²) < 4.78 is 0. The van der Waals surface area contributed by atoms with Crippen LogP contribution in [0, 0.1) is 0 Å². The lowest BCUT2D eigenvalue weighted by Crippen LogP contribution is -1.94. The number of benzene rings is 1. The summed E-state index contributed by atoms with van der Waals surface area (Å²) in [6.45, 7) is 4.12. The third kappa shape index (κ3) is 2.05. The Bertz CT molecular complexity index is 334. The molecule has 0 aliphatic heterocycles. The second kappa shape index (κ2) is 4.65. The Hall–Kier alpha value is -1.51. The number of phenolic OH excluding ortho intramolecular Hbond substituents is 1. The molecule has 0 amide bonds. The molecule has 0 spiro atoms.